The molecule has 3 aromatic rings. The summed E-state index contributed by atoms with van der Waals surface area (Å²) in [5, 5.41) is 9.14. The summed E-state index contributed by atoms with van der Waals surface area (Å²) in [7, 11) is 0. The van der Waals surface area contributed by atoms with Crippen molar-refractivity contribution in [3.63, 3.8) is 0 Å². The lowest BCUT2D eigenvalue weighted by Gasteiger charge is -2.35. The molecule has 1 N–H and O–H groups in total. The number of rotatable bonds is 5. The lowest BCUT2D eigenvalue weighted by Crippen LogP contribution is -2.47. The number of benzene rings is 1. The molecule has 0 radical (unpaired) electrons. The van der Waals surface area contributed by atoms with E-state index in [1.54, 1.807) is 6.20 Å². The van der Waals surface area contributed by atoms with Gasteiger partial charge >= 0.3 is 0 Å². The van der Waals surface area contributed by atoms with Crippen LogP contribution in [0, 0.1) is 0 Å². The zero-order chi connectivity index (χ0) is 18.5. The Bertz CT molecular complexity index is 807. The average molecular weight is 361 g/mol. The van der Waals surface area contributed by atoms with Crippen LogP contribution < -0.4 is 4.90 Å². The lowest BCUT2D eigenvalue weighted by molar-refractivity contribution is 0.188. The number of aromatic nitrogens is 3. The normalized spacial score (nSPS) is 15.1. The second-order valence-corrected chi connectivity index (χ2v) is 6.57. The molecule has 0 aliphatic carbocycles. The summed E-state index contributed by atoms with van der Waals surface area (Å²) in [6.07, 6.45) is 1.77. The molecule has 1 aliphatic rings. The predicted octanol–water partition coefficient (Wildman–Crippen LogP) is 2.32. The molecule has 3 heterocycles. The first-order valence-corrected chi connectivity index (χ1v) is 9.27. The molecule has 6 heteroatoms. The number of aliphatic hydroxyl groups is 1. The molecule has 1 aliphatic heterocycles. The summed E-state index contributed by atoms with van der Waals surface area (Å²) < 4.78 is 0. The SMILES string of the molecule is OCCN1CCN(c2cc(-c3ccccc3)nc(-c3ccccn3)n2)CC1. The minimum Gasteiger partial charge on any atom is -0.395 e. The van der Waals surface area contributed by atoms with Crippen LogP contribution in [-0.4, -0.2) is 64.3 Å². The zero-order valence-electron chi connectivity index (χ0n) is 15.2. The summed E-state index contributed by atoms with van der Waals surface area (Å²) in [5.74, 6) is 1.57. The van der Waals surface area contributed by atoms with Crippen molar-refractivity contribution in [3.8, 4) is 22.8 Å². The highest BCUT2D eigenvalue weighted by atomic mass is 16.3. The van der Waals surface area contributed by atoms with Gasteiger partial charge in [0.25, 0.3) is 0 Å². The van der Waals surface area contributed by atoms with Crippen molar-refractivity contribution in [2.45, 2.75) is 0 Å². The monoisotopic (exact) mass is 361 g/mol. The van der Waals surface area contributed by atoms with Crippen molar-refractivity contribution in [2.75, 3.05) is 44.2 Å². The fourth-order valence-electron chi connectivity index (χ4n) is 3.30. The molecule has 6 nitrogen and oxygen atoms in total. The Balaban J connectivity index is 1.69. The molecule has 0 spiro atoms. The highest BCUT2D eigenvalue weighted by Crippen LogP contribution is 2.25. The Morgan fingerprint density at radius 3 is 2.33 bits per heavy atom. The average Bonchev–Trinajstić information content (AvgIpc) is 2.75. The molecule has 4 rings (SSSR count). The Morgan fingerprint density at radius 1 is 0.852 bits per heavy atom. The molecule has 0 bridgehead atoms. The molecule has 1 saturated heterocycles. The number of nitrogens with zero attached hydrogens (tertiary/aromatic N) is 5. The van der Waals surface area contributed by atoms with Crippen molar-refractivity contribution in [3.05, 3.63) is 60.8 Å². The number of piperazine rings is 1. The first-order valence-electron chi connectivity index (χ1n) is 9.27. The molecule has 1 aromatic carbocycles. The van der Waals surface area contributed by atoms with Gasteiger partial charge in [0.15, 0.2) is 5.82 Å². The summed E-state index contributed by atoms with van der Waals surface area (Å²) in [6.45, 7) is 4.54. The van der Waals surface area contributed by atoms with Gasteiger partial charge in [-0.25, -0.2) is 9.97 Å². The number of hydrogen-bond donors (Lipinski definition) is 1. The summed E-state index contributed by atoms with van der Waals surface area (Å²) in [6, 6.07) is 18.0. The molecule has 138 valence electrons. The Morgan fingerprint density at radius 2 is 1.63 bits per heavy atom. The van der Waals surface area contributed by atoms with Gasteiger partial charge < -0.3 is 10.0 Å². The summed E-state index contributed by atoms with van der Waals surface area (Å²) in [4.78, 5) is 18.6. The molecule has 0 saturated carbocycles. The number of aliphatic hydroxyl groups excluding tert-OH is 1. The highest BCUT2D eigenvalue weighted by Gasteiger charge is 2.19. The van der Waals surface area contributed by atoms with Gasteiger partial charge in [-0.3, -0.25) is 9.88 Å². The Labute approximate surface area is 159 Å². The van der Waals surface area contributed by atoms with Crippen molar-refractivity contribution in [2.24, 2.45) is 0 Å². The molecule has 0 atom stereocenters. The molecule has 0 amide bonds. The molecular formula is C21H23N5O. The number of β-amino-alcohol motifs (C(OH)–C–C–N with tert-alkyl or cyclic N) is 1. The van der Waals surface area contributed by atoms with Gasteiger partial charge in [0, 0.05) is 50.6 Å². The van der Waals surface area contributed by atoms with E-state index in [9.17, 15) is 0 Å². The Hall–Kier alpha value is -2.83. The molecule has 0 unspecified atom stereocenters. The van der Waals surface area contributed by atoms with Crippen LogP contribution in [-0.2, 0) is 0 Å². The summed E-state index contributed by atoms with van der Waals surface area (Å²) >= 11 is 0. The maximum atomic E-state index is 9.14. The first kappa shape index (κ1) is 17.6. The van der Waals surface area contributed by atoms with E-state index in [1.165, 1.54) is 0 Å². The van der Waals surface area contributed by atoms with Crippen LogP contribution in [0.15, 0.2) is 60.8 Å². The topological polar surface area (TPSA) is 65.4 Å². The fourth-order valence-corrected chi connectivity index (χ4v) is 3.30. The standard InChI is InChI=1S/C21H23N5O/c27-15-14-25-10-12-26(13-11-25)20-16-19(17-6-2-1-3-7-17)23-21(24-20)18-8-4-5-9-22-18/h1-9,16,27H,10-15H2. The van der Waals surface area contributed by atoms with E-state index in [4.69, 9.17) is 15.1 Å². The van der Waals surface area contributed by atoms with Gasteiger partial charge in [-0.15, -0.1) is 0 Å². The quantitative estimate of drug-likeness (QED) is 0.752. The minimum atomic E-state index is 0.204. The van der Waals surface area contributed by atoms with Crippen molar-refractivity contribution >= 4 is 5.82 Å². The van der Waals surface area contributed by atoms with Crippen molar-refractivity contribution < 1.29 is 5.11 Å². The van der Waals surface area contributed by atoms with Gasteiger partial charge in [0.2, 0.25) is 0 Å². The maximum Gasteiger partial charge on any atom is 0.180 e. The second kappa shape index (κ2) is 8.24. The van der Waals surface area contributed by atoms with E-state index in [-0.39, 0.29) is 6.61 Å². The van der Waals surface area contributed by atoms with Gasteiger partial charge in [0.05, 0.1) is 12.3 Å². The molecule has 1 fully saturated rings. The summed E-state index contributed by atoms with van der Waals surface area (Å²) in [5.41, 5.74) is 2.74. The van der Waals surface area contributed by atoms with Crippen LogP contribution in [0.5, 0.6) is 0 Å². The van der Waals surface area contributed by atoms with E-state index < -0.39 is 0 Å². The number of pyridine rings is 1. The van der Waals surface area contributed by atoms with Gasteiger partial charge in [-0.1, -0.05) is 36.4 Å². The van der Waals surface area contributed by atoms with Crippen molar-refractivity contribution in [1.82, 2.24) is 19.9 Å². The van der Waals surface area contributed by atoms with Crippen LogP contribution in [0.25, 0.3) is 22.8 Å². The van der Waals surface area contributed by atoms with E-state index in [2.05, 4.69) is 33.0 Å². The molecular weight excluding hydrogens is 338 g/mol. The van der Waals surface area contributed by atoms with Crippen LogP contribution in [0.1, 0.15) is 0 Å². The van der Waals surface area contributed by atoms with Gasteiger partial charge in [-0.2, -0.15) is 0 Å². The zero-order valence-corrected chi connectivity index (χ0v) is 15.2. The fraction of sp³-hybridized carbons (Fsp3) is 0.286. The van der Waals surface area contributed by atoms with Crippen LogP contribution in [0.4, 0.5) is 5.82 Å². The van der Waals surface area contributed by atoms with Crippen LogP contribution in [0.2, 0.25) is 0 Å². The largest absolute Gasteiger partial charge is 0.395 e. The van der Waals surface area contributed by atoms with Crippen molar-refractivity contribution in [1.29, 1.82) is 0 Å². The first-order chi connectivity index (χ1) is 13.3. The second-order valence-electron chi connectivity index (χ2n) is 6.57. The smallest absolute Gasteiger partial charge is 0.180 e. The third kappa shape index (κ3) is 4.13. The number of anilines is 1. The maximum absolute atomic E-state index is 9.14. The van der Waals surface area contributed by atoms with E-state index in [0.717, 1.165) is 55.5 Å². The van der Waals surface area contributed by atoms with Crippen LogP contribution in [0.3, 0.4) is 0 Å². The minimum absolute atomic E-state index is 0.204. The highest BCUT2D eigenvalue weighted by molar-refractivity contribution is 5.66. The van der Waals surface area contributed by atoms with E-state index in [1.807, 2.05) is 36.4 Å². The van der Waals surface area contributed by atoms with E-state index in [0.29, 0.717) is 5.82 Å². The third-order valence-corrected chi connectivity index (χ3v) is 4.79. The van der Waals surface area contributed by atoms with E-state index >= 15 is 0 Å². The molecule has 2 aromatic heterocycles. The third-order valence-electron chi connectivity index (χ3n) is 4.79. The van der Waals surface area contributed by atoms with Gasteiger partial charge in [-0.05, 0) is 12.1 Å². The predicted molar refractivity (Wildman–Crippen MR) is 106 cm³/mol. The van der Waals surface area contributed by atoms with Crippen LogP contribution >= 0.6 is 0 Å². The van der Waals surface area contributed by atoms with Gasteiger partial charge in [0.1, 0.15) is 11.5 Å². The Kier molecular flexibility index (Phi) is 5.37. The number of hydrogen-bond acceptors (Lipinski definition) is 6. The lowest BCUT2D eigenvalue weighted by atomic mass is 10.1. The molecule has 27 heavy (non-hydrogen) atoms.